The molecular weight excluding hydrogens is 355 g/mol. The van der Waals surface area contributed by atoms with Gasteiger partial charge in [-0.15, -0.1) is 0 Å². The van der Waals surface area contributed by atoms with Gasteiger partial charge in [0.05, 0.1) is 18.5 Å². The number of nitrogens with zero attached hydrogens (tertiary/aromatic N) is 2. The third-order valence-electron chi connectivity index (χ3n) is 5.42. The highest BCUT2D eigenvalue weighted by molar-refractivity contribution is 7.92. The fourth-order valence-corrected chi connectivity index (χ4v) is 8.35. The number of aromatic nitrogens is 1. The lowest BCUT2D eigenvalue weighted by Crippen LogP contribution is -2.44. The molecule has 7 heteroatoms. The molecule has 1 atom stereocenters. The quantitative estimate of drug-likeness (QED) is 0.758. The zero-order valence-electron chi connectivity index (χ0n) is 15.3. The van der Waals surface area contributed by atoms with Gasteiger partial charge in [-0.25, -0.2) is 22.1 Å². The summed E-state index contributed by atoms with van der Waals surface area (Å²) in [7, 11) is -5.50. The molecular formula is C18H26FN2O2SSi. The zero-order chi connectivity index (χ0) is 18.4. The molecule has 1 aromatic carbocycles. The van der Waals surface area contributed by atoms with Gasteiger partial charge in [0.25, 0.3) is 0 Å². The van der Waals surface area contributed by atoms with Crippen molar-refractivity contribution < 1.29 is 12.8 Å². The molecule has 0 spiro atoms. The van der Waals surface area contributed by atoms with Crippen LogP contribution in [0.25, 0.3) is 10.9 Å². The maximum atomic E-state index is 13.9. The van der Waals surface area contributed by atoms with E-state index in [2.05, 4.69) is 5.32 Å². The molecule has 4 nitrogen and oxygen atoms in total. The topological polar surface area (TPSA) is 53.2 Å². The van der Waals surface area contributed by atoms with Gasteiger partial charge in [-0.3, -0.25) is 0 Å². The van der Waals surface area contributed by atoms with Crippen molar-refractivity contribution in [2.75, 3.05) is 13.1 Å². The molecule has 1 radical (unpaired) electrons. The van der Waals surface area contributed by atoms with Crippen LogP contribution in [0.15, 0.2) is 24.4 Å². The van der Waals surface area contributed by atoms with Gasteiger partial charge in [-0.1, -0.05) is 19.6 Å². The van der Waals surface area contributed by atoms with E-state index in [0.29, 0.717) is 5.52 Å². The molecule has 137 valence electrons. The van der Waals surface area contributed by atoms with Gasteiger partial charge in [0.2, 0.25) is 10.0 Å². The van der Waals surface area contributed by atoms with Crippen LogP contribution in [0.3, 0.4) is 0 Å². The van der Waals surface area contributed by atoms with E-state index in [1.54, 1.807) is 19.2 Å². The Hall–Kier alpha value is -1.18. The monoisotopic (exact) mass is 381 g/mol. The van der Waals surface area contributed by atoms with Crippen molar-refractivity contribution in [1.82, 2.24) is 9.29 Å². The van der Waals surface area contributed by atoms with Crippen molar-refractivity contribution in [3.8, 4) is 0 Å². The first-order valence-electron chi connectivity index (χ1n) is 8.80. The number of rotatable bonds is 4. The van der Waals surface area contributed by atoms with Crippen LogP contribution >= 0.6 is 0 Å². The van der Waals surface area contributed by atoms with Gasteiger partial charge < -0.3 is 0 Å². The average Bonchev–Trinajstić information content (AvgIpc) is 2.93. The second-order valence-electron chi connectivity index (χ2n) is 8.04. The molecule has 0 saturated carbocycles. The van der Waals surface area contributed by atoms with E-state index in [4.69, 9.17) is 0 Å². The van der Waals surface area contributed by atoms with Crippen LogP contribution in [-0.2, 0) is 10.0 Å². The molecule has 0 amide bonds. The van der Waals surface area contributed by atoms with Crippen molar-refractivity contribution in [2.24, 2.45) is 0 Å². The van der Waals surface area contributed by atoms with Crippen LogP contribution in [0, 0.1) is 5.82 Å². The average molecular weight is 382 g/mol. The molecule has 3 rings (SSSR count). The fraction of sp³-hybridized carbons (Fsp3) is 0.556. The summed E-state index contributed by atoms with van der Waals surface area (Å²) in [6, 6.07) is 4.48. The van der Waals surface area contributed by atoms with Crippen LogP contribution in [-0.4, -0.2) is 38.4 Å². The molecule has 1 saturated heterocycles. The summed E-state index contributed by atoms with van der Waals surface area (Å²) in [5, 5.41) is 5.23. The first kappa shape index (κ1) is 18.6. The molecule has 1 aromatic heterocycles. The van der Waals surface area contributed by atoms with Crippen molar-refractivity contribution in [3.05, 3.63) is 35.8 Å². The van der Waals surface area contributed by atoms with Crippen molar-refractivity contribution in [2.45, 2.75) is 50.2 Å². The van der Waals surface area contributed by atoms with E-state index >= 15 is 0 Å². The Morgan fingerprint density at radius 2 is 1.88 bits per heavy atom. The molecule has 1 aliphatic rings. The van der Waals surface area contributed by atoms with Gasteiger partial charge in [0.15, 0.2) is 0 Å². The van der Waals surface area contributed by atoms with Crippen LogP contribution in [0.4, 0.5) is 4.39 Å². The second kappa shape index (κ2) is 6.52. The number of fused-ring (bicyclic) bond motifs is 1. The minimum absolute atomic E-state index is 0.282. The minimum Gasteiger partial charge on any atom is -0.245 e. The van der Waals surface area contributed by atoms with Crippen LogP contribution < -0.4 is 5.32 Å². The lowest BCUT2D eigenvalue weighted by atomic mass is 9.90. The largest absolute Gasteiger partial charge is 0.245 e. The highest BCUT2D eigenvalue weighted by atomic mass is 32.2. The first-order chi connectivity index (χ1) is 11.6. The molecule has 25 heavy (non-hydrogen) atoms. The van der Waals surface area contributed by atoms with E-state index in [0.717, 1.165) is 36.9 Å². The van der Waals surface area contributed by atoms with E-state index in [9.17, 15) is 12.8 Å². The smallest absolute Gasteiger partial charge is 0.238 e. The van der Waals surface area contributed by atoms with Crippen LogP contribution in [0.5, 0.6) is 0 Å². The summed E-state index contributed by atoms with van der Waals surface area (Å²) in [5.74, 6) is -0.128. The first-order valence-corrected chi connectivity index (χ1v) is 13.9. The summed E-state index contributed by atoms with van der Waals surface area (Å²) in [6.07, 6.45) is 3.58. The van der Waals surface area contributed by atoms with Crippen LogP contribution in [0.2, 0.25) is 19.6 Å². The van der Waals surface area contributed by atoms with Gasteiger partial charge >= 0.3 is 0 Å². The lowest BCUT2D eigenvalue weighted by Gasteiger charge is -2.25. The molecule has 2 aromatic rings. The lowest BCUT2D eigenvalue weighted by molar-refractivity contribution is 0.455. The number of hydrogen-bond acceptors (Lipinski definition) is 2. The normalized spacial score (nSPS) is 18.6. The molecule has 2 heterocycles. The standard InChI is InChI=1S/C18H26FN2O2SSi/c1-13(25(2,3)4)24(22,23)21-12-17(14-7-9-20-10-8-14)16-6-5-15(19)11-18(16)21/h5-6,11-14H,7-10H2,1-4H3. The number of hydrogen-bond donors (Lipinski definition) is 0. The highest BCUT2D eigenvalue weighted by Gasteiger charge is 2.36. The Morgan fingerprint density at radius 1 is 1.24 bits per heavy atom. The summed E-state index contributed by atoms with van der Waals surface area (Å²) >= 11 is 0. The SMILES string of the molecule is CC([Si](C)(C)C)S(=O)(=O)n1cc(C2CC[N]CC2)c2ccc(F)cc21. The number of halogens is 1. The van der Waals surface area contributed by atoms with Crippen LogP contribution in [0.1, 0.15) is 31.2 Å². The van der Waals surface area contributed by atoms with Crippen molar-refractivity contribution in [1.29, 1.82) is 0 Å². The summed E-state index contributed by atoms with van der Waals surface area (Å²) < 4.78 is 41.7. The van der Waals surface area contributed by atoms with E-state index < -0.39 is 28.8 Å². The number of piperidine rings is 1. The molecule has 0 bridgehead atoms. The van der Waals surface area contributed by atoms with Crippen molar-refractivity contribution >= 4 is 29.0 Å². The fourth-order valence-electron chi connectivity index (χ4n) is 3.41. The predicted molar refractivity (Wildman–Crippen MR) is 103 cm³/mol. The zero-order valence-corrected chi connectivity index (χ0v) is 17.1. The maximum absolute atomic E-state index is 13.9. The van der Waals surface area contributed by atoms with Gasteiger partial charge in [-0.2, -0.15) is 0 Å². The van der Waals surface area contributed by atoms with Gasteiger partial charge in [-0.05, 0) is 49.4 Å². The Labute approximate surface area is 150 Å². The Bertz CT molecular complexity index is 880. The third kappa shape index (κ3) is 3.41. The molecule has 1 unspecified atom stereocenters. The van der Waals surface area contributed by atoms with E-state index in [1.807, 2.05) is 19.6 Å². The molecule has 0 aliphatic carbocycles. The molecule has 0 N–H and O–H groups in total. The summed E-state index contributed by atoms with van der Waals surface area (Å²) in [6.45, 7) is 9.53. The Balaban J connectivity index is 2.20. The van der Waals surface area contributed by atoms with E-state index in [1.165, 1.54) is 16.1 Å². The van der Waals surface area contributed by atoms with E-state index in [-0.39, 0.29) is 5.92 Å². The molecule has 1 aliphatic heterocycles. The Kier molecular flexibility index (Phi) is 4.85. The van der Waals surface area contributed by atoms with Gasteiger partial charge in [0, 0.05) is 24.7 Å². The molecule has 1 fully saturated rings. The Morgan fingerprint density at radius 3 is 2.48 bits per heavy atom. The summed E-state index contributed by atoms with van der Waals surface area (Å²) in [5.41, 5.74) is 1.47. The predicted octanol–water partition coefficient (Wildman–Crippen LogP) is 3.71. The minimum atomic E-state index is -3.57. The second-order valence-corrected chi connectivity index (χ2v) is 16.2. The number of benzene rings is 1. The summed E-state index contributed by atoms with van der Waals surface area (Å²) in [4.78, 5) is -0.451. The van der Waals surface area contributed by atoms with Crippen molar-refractivity contribution in [3.63, 3.8) is 0 Å². The maximum Gasteiger partial charge on any atom is 0.238 e. The third-order valence-corrected chi connectivity index (χ3v) is 12.6. The van der Waals surface area contributed by atoms with Gasteiger partial charge in [0.1, 0.15) is 5.82 Å². The highest BCUT2D eigenvalue weighted by Crippen LogP contribution is 2.35.